The number of carbonyl (C=O) groups is 1. The minimum absolute atomic E-state index is 0.288. The van der Waals surface area contributed by atoms with Crippen molar-refractivity contribution >= 4 is 11.9 Å². The molecular formula is C28H32O5. The summed E-state index contributed by atoms with van der Waals surface area (Å²) in [6.45, 7) is 2.18. The first-order chi connectivity index (χ1) is 15.9. The molecule has 33 heavy (non-hydrogen) atoms. The lowest BCUT2D eigenvalue weighted by molar-refractivity contribution is -0.127. The van der Waals surface area contributed by atoms with E-state index < -0.39 is 0 Å². The Morgan fingerprint density at radius 3 is 2.42 bits per heavy atom. The molecule has 0 saturated heterocycles. The van der Waals surface area contributed by atoms with Crippen molar-refractivity contribution < 1.29 is 24.1 Å². The van der Waals surface area contributed by atoms with Gasteiger partial charge in [-0.1, -0.05) is 13.0 Å². The number of benzene rings is 2. The molecule has 0 amide bonds. The molecule has 2 aromatic carbocycles. The highest BCUT2D eigenvalue weighted by Crippen LogP contribution is 2.61. The van der Waals surface area contributed by atoms with Crippen LogP contribution in [0.1, 0.15) is 55.2 Å². The number of ether oxygens (including phenoxy) is 3. The van der Waals surface area contributed by atoms with Crippen LogP contribution in [-0.2, 0) is 11.2 Å². The summed E-state index contributed by atoms with van der Waals surface area (Å²) in [7, 11) is 4.79. The third-order valence-electron chi connectivity index (χ3n) is 8.38. The summed E-state index contributed by atoms with van der Waals surface area (Å²) in [6.07, 6.45) is 6.80. The molecule has 0 heterocycles. The molecule has 5 rings (SSSR count). The van der Waals surface area contributed by atoms with E-state index in [0.717, 1.165) is 43.2 Å². The zero-order valence-corrected chi connectivity index (χ0v) is 19.8. The minimum atomic E-state index is -0.304. The zero-order chi connectivity index (χ0) is 23.3. The molecule has 3 aliphatic rings. The standard InChI is InChI=1S/C28H32O5/c1-28-10-9-21-20-8-6-19(29)14-17(20)5-7-22(21)23(28)15-18(27(28)30)11-16-12-24(31-2)26(33-4)25(13-16)32-3/h6,8,11-14,21-23,29H,5,7,9-10,15H2,1-4H3/b18-11-/t21-,22-,23+,28+/m1/s1. The molecule has 5 heteroatoms. The van der Waals surface area contributed by atoms with Crippen molar-refractivity contribution in [1.82, 2.24) is 0 Å². The SMILES string of the molecule is COc1cc(/C=C2/C[C@H]3[C@@H]4CCc5cc(O)ccc5[C@H]4CC[C@]3(C)C2=O)cc(OC)c1OC. The molecular weight excluding hydrogens is 416 g/mol. The largest absolute Gasteiger partial charge is 0.508 e. The summed E-state index contributed by atoms with van der Waals surface area (Å²) >= 11 is 0. The van der Waals surface area contributed by atoms with Crippen molar-refractivity contribution in [2.24, 2.45) is 17.3 Å². The molecule has 0 aliphatic heterocycles. The monoisotopic (exact) mass is 448 g/mol. The molecule has 174 valence electrons. The van der Waals surface area contributed by atoms with Gasteiger partial charge in [-0.2, -0.15) is 0 Å². The van der Waals surface area contributed by atoms with Crippen molar-refractivity contribution in [2.45, 2.75) is 44.9 Å². The third-order valence-corrected chi connectivity index (χ3v) is 8.38. The van der Waals surface area contributed by atoms with Gasteiger partial charge >= 0.3 is 0 Å². The molecule has 5 nitrogen and oxygen atoms in total. The minimum Gasteiger partial charge on any atom is -0.508 e. The fourth-order valence-corrected chi connectivity index (χ4v) is 6.75. The highest BCUT2D eigenvalue weighted by Gasteiger charge is 2.56. The van der Waals surface area contributed by atoms with Crippen LogP contribution >= 0.6 is 0 Å². The van der Waals surface area contributed by atoms with Gasteiger partial charge in [0.25, 0.3) is 0 Å². The Labute approximate surface area is 195 Å². The molecule has 0 radical (unpaired) electrons. The number of hydrogen-bond donors (Lipinski definition) is 1. The maximum atomic E-state index is 13.7. The summed E-state index contributed by atoms with van der Waals surface area (Å²) in [5.41, 5.74) is 4.13. The number of aromatic hydroxyl groups is 1. The summed E-state index contributed by atoms with van der Waals surface area (Å²) in [4.78, 5) is 13.7. The number of Topliss-reactive ketones (excluding diaryl/α,β-unsaturated/α-hetero) is 1. The summed E-state index contributed by atoms with van der Waals surface area (Å²) < 4.78 is 16.4. The van der Waals surface area contributed by atoms with Crippen molar-refractivity contribution in [1.29, 1.82) is 0 Å². The fraction of sp³-hybridized carbons (Fsp3) is 0.464. The Morgan fingerprint density at radius 1 is 1.03 bits per heavy atom. The first-order valence-corrected chi connectivity index (χ1v) is 11.8. The van der Waals surface area contributed by atoms with E-state index in [1.165, 1.54) is 11.1 Å². The van der Waals surface area contributed by atoms with Crippen LogP contribution in [0.2, 0.25) is 0 Å². The van der Waals surface area contributed by atoms with Crippen molar-refractivity contribution in [3.05, 3.63) is 52.6 Å². The molecule has 2 saturated carbocycles. The number of rotatable bonds is 4. The van der Waals surface area contributed by atoms with Crippen LogP contribution in [0.3, 0.4) is 0 Å². The van der Waals surface area contributed by atoms with Crippen LogP contribution in [-0.4, -0.2) is 32.2 Å². The molecule has 2 fully saturated rings. The molecule has 3 aliphatic carbocycles. The van der Waals surface area contributed by atoms with Gasteiger partial charge in [-0.15, -0.1) is 0 Å². The normalized spacial score (nSPS) is 29.3. The van der Waals surface area contributed by atoms with E-state index in [4.69, 9.17) is 14.2 Å². The fourth-order valence-electron chi connectivity index (χ4n) is 6.75. The van der Waals surface area contributed by atoms with Crippen LogP contribution in [0.15, 0.2) is 35.9 Å². The lowest BCUT2D eigenvalue weighted by atomic mass is 9.55. The highest BCUT2D eigenvalue weighted by atomic mass is 16.5. The number of phenols is 1. The van der Waals surface area contributed by atoms with Gasteiger partial charge in [0.05, 0.1) is 21.3 Å². The van der Waals surface area contributed by atoms with Gasteiger partial charge in [0.15, 0.2) is 17.3 Å². The second-order valence-corrected chi connectivity index (χ2v) is 9.92. The zero-order valence-electron chi connectivity index (χ0n) is 19.8. The Morgan fingerprint density at radius 2 is 1.76 bits per heavy atom. The number of methoxy groups -OCH3 is 3. The van der Waals surface area contributed by atoms with Crippen LogP contribution < -0.4 is 14.2 Å². The van der Waals surface area contributed by atoms with E-state index in [9.17, 15) is 9.90 Å². The quantitative estimate of drug-likeness (QED) is 0.623. The molecule has 0 unspecified atom stereocenters. The number of hydrogen-bond acceptors (Lipinski definition) is 5. The predicted octanol–water partition coefficient (Wildman–Crippen LogP) is 5.54. The van der Waals surface area contributed by atoms with Gasteiger partial charge in [-0.3, -0.25) is 4.79 Å². The number of phenolic OH excluding ortho intramolecular Hbond substituents is 1. The van der Waals surface area contributed by atoms with Crippen LogP contribution in [0.5, 0.6) is 23.0 Å². The van der Waals surface area contributed by atoms with Gasteiger partial charge in [-0.25, -0.2) is 0 Å². The summed E-state index contributed by atoms with van der Waals surface area (Å²) in [5.74, 6) is 3.68. The molecule has 4 atom stereocenters. The van der Waals surface area contributed by atoms with Gasteiger partial charge in [0, 0.05) is 5.41 Å². The molecule has 0 bridgehead atoms. The lowest BCUT2D eigenvalue weighted by Gasteiger charge is -2.48. The number of fused-ring (bicyclic) bond motifs is 5. The topological polar surface area (TPSA) is 65.0 Å². The second-order valence-electron chi connectivity index (χ2n) is 9.92. The summed E-state index contributed by atoms with van der Waals surface area (Å²) in [6, 6.07) is 9.64. The number of allylic oxidation sites excluding steroid dienone is 1. The van der Waals surface area contributed by atoms with E-state index in [0.29, 0.717) is 40.8 Å². The first kappa shape index (κ1) is 21.9. The van der Waals surface area contributed by atoms with Gasteiger partial charge < -0.3 is 19.3 Å². The van der Waals surface area contributed by atoms with Gasteiger partial charge in [0.2, 0.25) is 5.75 Å². The molecule has 1 N–H and O–H groups in total. The van der Waals surface area contributed by atoms with E-state index in [2.05, 4.69) is 13.0 Å². The van der Waals surface area contributed by atoms with Gasteiger partial charge in [-0.05, 0) is 102 Å². The molecule has 2 aromatic rings. The van der Waals surface area contributed by atoms with Gasteiger partial charge in [0.1, 0.15) is 5.75 Å². The van der Waals surface area contributed by atoms with E-state index in [1.807, 2.05) is 30.3 Å². The van der Waals surface area contributed by atoms with Crippen LogP contribution in [0, 0.1) is 17.3 Å². The molecule has 0 spiro atoms. The van der Waals surface area contributed by atoms with E-state index in [1.54, 1.807) is 21.3 Å². The Balaban J connectivity index is 1.49. The third kappa shape index (κ3) is 3.40. The van der Waals surface area contributed by atoms with E-state index >= 15 is 0 Å². The maximum Gasteiger partial charge on any atom is 0.203 e. The Kier molecular flexibility index (Phi) is 5.38. The predicted molar refractivity (Wildman–Crippen MR) is 127 cm³/mol. The smallest absolute Gasteiger partial charge is 0.203 e. The average molecular weight is 449 g/mol. The Hall–Kier alpha value is -2.95. The van der Waals surface area contributed by atoms with E-state index in [-0.39, 0.29) is 11.2 Å². The van der Waals surface area contributed by atoms with Crippen molar-refractivity contribution in [3.63, 3.8) is 0 Å². The number of aryl methyl sites for hydroxylation is 1. The van der Waals surface area contributed by atoms with Crippen LogP contribution in [0.4, 0.5) is 0 Å². The Bertz CT molecular complexity index is 1110. The maximum absolute atomic E-state index is 13.7. The van der Waals surface area contributed by atoms with Crippen LogP contribution in [0.25, 0.3) is 6.08 Å². The molecule has 0 aromatic heterocycles. The second kappa shape index (κ2) is 8.12. The number of carbonyl (C=O) groups excluding carboxylic acids is 1. The first-order valence-electron chi connectivity index (χ1n) is 11.8. The van der Waals surface area contributed by atoms with Crippen molar-refractivity contribution in [3.8, 4) is 23.0 Å². The highest BCUT2D eigenvalue weighted by molar-refractivity contribution is 6.06. The average Bonchev–Trinajstić information content (AvgIpc) is 3.08. The summed E-state index contributed by atoms with van der Waals surface area (Å²) in [5, 5.41) is 9.91. The van der Waals surface area contributed by atoms with Crippen molar-refractivity contribution in [2.75, 3.05) is 21.3 Å². The lowest BCUT2D eigenvalue weighted by Crippen LogP contribution is -2.42. The number of ketones is 1.